The van der Waals surface area contributed by atoms with Crippen LogP contribution in [0.3, 0.4) is 0 Å². The molecule has 20 heavy (non-hydrogen) atoms. The zero-order valence-electron chi connectivity index (χ0n) is 11.0. The molecule has 1 aromatic heterocycles. The summed E-state index contributed by atoms with van der Waals surface area (Å²) in [6.45, 7) is 3.95. The van der Waals surface area contributed by atoms with Crippen LogP contribution in [-0.2, 0) is 0 Å². The van der Waals surface area contributed by atoms with Gasteiger partial charge in [0.1, 0.15) is 0 Å². The first-order chi connectivity index (χ1) is 9.49. The van der Waals surface area contributed by atoms with Crippen LogP contribution in [0.2, 0.25) is 5.02 Å². The van der Waals surface area contributed by atoms with Gasteiger partial charge in [-0.05, 0) is 49.2 Å². The highest BCUT2D eigenvalue weighted by atomic mass is 79.9. The number of nitrogens with one attached hydrogen (secondary N) is 1. The highest BCUT2D eigenvalue weighted by Crippen LogP contribution is 2.35. The lowest BCUT2D eigenvalue weighted by molar-refractivity contribution is 0.640. The van der Waals surface area contributed by atoms with Crippen LogP contribution in [0.1, 0.15) is 11.1 Å². The van der Waals surface area contributed by atoms with E-state index in [4.69, 9.17) is 11.6 Å². The number of rotatable bonds is 1. The summed E-state index contributed by atoms with van der Waals surface area (Å²) < 4.78 is 15.2. The van der Waals surface area contributed by atoms with E-state index < -0.39 is 0 Å². The predicted octanol–water partition coefficient (Wildman–Crippen LogP) is 6.01. The molecule has 3 rings (SSSR count). The largest absolute Gasteiger partial charge is 0.354 e. The Morgan fingerprint density at radius 3 is 2.60 bits per heavy atom. The molecule has 0 atom stereocenters. The lowest BCUT2D eigenvalue weighted by Gasteiger charge is -2.06. The average molecular weight is 353 g/mol. The number of aromatic amines is 1. The molecule has 1 heterocycles. The summed E-state index contributed by atoms with van der Waals surface area (Å²) >= 11 is 9.33. The summed E-state index contributed by atoms with van der Waals surface area (Å²) in [4.78, 5) is 3.29. The second kappa shape index (κ2) is 4.90. The van der Waals surface area contributed by atoms with Gasteiger partial charge in [-0.1, -0.05) is 33.6 Å². The number of hydrogen-bond donors (Lipinski definition) is 1. The van der Waals surface area contributed by atoms with Crippen molar-refractivity contribution in [2.45, 2.75) is 13.8 Å². The highest BCUT2D eigenvalue weighted by Gasteiger charge is 2.16. The summed E-state index contributed by atoms with van der Waals surface area (Å²) in [5.41, 5.74) is 4.77. The Morgan fingerprint density at radius 1 is 1.15 bits per heavy atom. The summed E-state index contributed by atoms with van der Waals surface area (Å²) in [5, 5.41) is 0.716. The van der Waals surface area contributed by atoms with Gasteiger partial charge < -0.3 is 4.98 Å². The first kappa shape index (κ1) is 13.7. The molecule has 0 fully saturated rings. The van der Waals surface area contributed by atoms with Crippen molar-refractivity contribution in [3.8, 4) is 11.3 Å². The molecule has 1 N–H and O–H groups in total. The summed E-state index contributed by atoms with van der Waals surface area (Å²) in [6.07, 6.45) is 0. The predicted molar refractivity (Wildman–Crippen MR) is 85.9 cm³/mol. The number of H-pyrrole nitrogens is 1. The van der Waals surface area contributed by atoms with Crippen LogP contribution in [0.15, 0.2) is 34.8 Å². The van der Waals surface area contributed by atoms with E-state index in [1.54, 1.807) is 6.07 Å². The van der Waals surface area contributed by atoms with Gasteiger partial charge in [0.25, 0.3) is 0 Å². The molecule has 0 radical (unpaired) electrons. The first-order valence-corrected chi connectivity index (χ1v) is 7.39. The molecule has 2 aromatic carbocycles. The monoisotopic (exact) mass is 351 g/mol. The number of hydrogen-bond acceptors (Lipinski definition) is 0. The Hall–Kier alpha value is -1.32. The summed E-state index contributed by atoms with van der Waals surface area (Å²) in [6, 6.07) is 9.44. The van der Waals surface area contributed by atoms with Crippen molar-refractivity contribution in [2.24, 2.45) is 0 Å². The third-order valence-corrected chi connectivity index (χ3v) is 4.35. The average Bonchev–Trinajstić information content (AvgIpc) is 2.72. The van der Waals surface area contributed by atoms with Gasteiger partial charge in [0.05, 0.1) is 5.02 Å². The van der Waals surface area contributed by atoms with Gasteiger partial charge in [-0.25, -0.2) is 4.39 Å². The fraction of sp³-hybridized carbons (Fsp3) is 0.125. The fourth-order valence-electron chi connectivity index (χ4n) is 2.55. The normalized spacial score (nSPS) is 11.2. The van der Waals surface area contributed by atoms with Crippen molar-refractivity contribution in [3.05, 3.63) is 56.8 Å². The maximum Gasteiger partial charge on any atom is 0.151 e. The van der Waals surface area contributed by atoms with Crippen LogP contribution < -0.4 is 0 Å². The molecule has 0 bridgehead atoms. The summed E-state index contributed by atoms with van der Waals surface area (Å²) in [5.74, 6) is -0.362. The van der Waals surface area contributed by atoms with E-state index in [0.29, 0.717) is 5.39 Å². The quantitative estimate of drug-likeness (QED) is 0.552. The molecule has 0 amide bonds. The van der Waals surface area contributed by atoms with Gasteiger partial charge in [-0.15, -0.1) is 0 Å². The smallest absolute Gasteiger partial charge is 0.151 e. The van der Waals surface area contributed by atoms with Gasteiger partial charge in [0.15, 0.2) is 5.82 Å². The lowest BCUT2D eigenvalue weighted by atomic mass is 10.0. The van der Waals surface area contributed by atoms with Crippen LogP contribution in [-0.4, -0.2) is 4.98 Å². The van der Waals surface area contributed by atoms with Crippen LogP contribution in [0, 0.1) is 19.7 Å². The Morgan fingerprint density at radius 2 is 1.90 bits per heavy atom. The van der Waals surface area contributed by atoms with Gasteiger partial charge in [0.2, 0.25) is 0 Å². The molecule has 102 valence electrons. The van der Waals surface area contributed by atoms with Crippen molar-refractivity contribution in [3.63, 3.8) is 0 Å². The molecule has 0 spiro atoms. The van der Waals surface area contributed by atoms with Crippen LogP contribution >= 0.6 is 27.5 Å². The van der Waals surface area contributed by atoms with Crippen LogP contribution in [0.4, 0.5) is 4.39 Å². The number of benzene rings is 2. The minimum atomic E-state index is -0.362. The van der Waals surface area contributed by atoms with Crippen molar-refractivity contribution < 1.29 is 4.39 Å². The maximum atomic E-state index is 14.2. The molecule has 1 nitrogen and oxygen atoms in total. The van der Waals surface area contributed by atoms with E-state index in [1.165, 1.54) is 0 Å². The molecule has 4 heteroatoms. The fourth-order valence-corrected chi connectivity index (χ4v) is 3.18. The Kier molecular flexibility index (Phi) is 3.35. The highest BCUT2D eigenvalue weighted by molar-refractivity contribution is 9.10. The molecule has 0 aliphatic heterocycles. The third-order valence-electron chi connectivity index (χ3n) is 3.56. The van der Waals surface area contributed by atoms with Gasteiger partial charge in [-0.2, -0.15) is 0 Å². The van der Waals surface area contributed by atoms with Crippen LogP contribution in [0.5, 0.6) is 0 Å². The molecule has 3 aromatic rings. The lowest BCUT2D eigenvalue weighted by Crippen LogP contribution is -1.86. The van der Waals surface area contributed by atoms with E-state index in [2.05, 4.69) is 20.9 Å². The number of fused-ring (bicyclic) bond motifs is 1. The SMILES string of the molecule is Cc1cc(Br)ccc1-c1[nH]c2ccc(Cl)c(F)c2c1C. The van der Waals surface area contributed by atoms with Gasteiger partial charge in [0, 0.05) is 26.6 Å². The Labute approximate surface area is 129 Å². The van der Waals surface area contributed by atoms with E-state index in [1.807, 2.05) is 38.1 Å². The van der Waals surface area contributed by atoms with Crippen LogP contribution in [0.25, 0.3) is 22.2 Å². The van der Waals surface area contributed by atoms with Crippen molar-refractivity contribution >= 4 is 38.4 Å². The van der Waals surface area contributed by atoms with E-state index in [-0.39, 0.29) is 10.8 Å². The van der Waals surface area contributed by atoms with Crippen molar-refractivity contribution in [2.75, 3.05) is 0 Å². The second-order valence-corrected chi connectivity index (χ2v) is 6.19. The molecule has 0 saturated carbocycles. The van der Waals surface area contributed by atoms with E-state index in [9.17, 15) is 4.39 Å². The third kappa shape index (κ3) is 2.05. The first-order valence-electron chi connectivity index (χ1n) is 6.22. The molecular formula is C16H12BrClFN. The topological polar surface area (TPSA) is 15.8 Å². The molecular weight excluding hydrogens is 341 g/mol. The van der Waals surface area contributed by atoms with Crippen molar-refractivity contribution in [1.82, 2.24) is 4.98 Å². The number of aromatic nitrogens is 1. The van der Waals surface area contributed by atoms with E-state index in [0.717, 1.165) is 32.4 Å². The van der Waals surface area contributed by atoms with Gasteiger partial charge in [-0.3, -0.25) is 0 Å². The van der Waals surface area contributed by atoms with Crippen molar-refractivity contribution in [1.29, 1.82) is 0 Å². The Balaban J connectivity index is 2.32. The minimum Gasteiger partial charge on any atom is -0.354 e. The number of halogens is 3. The van der Waals surface area contributed by atoms with E-state index >= 15 is 0 Å². The minimum absolute atomic E-state index is 0.152. The second-order valence-electron chi connectivity index (χ2n) is 4.87. The molecule has 0 aliphatic rings. The molecule has 0 saturated heterocycles. The molecule has 0 aliphatic carbocycles. The number of aryl methyl sites for hydroxylation is 2. The maximum absolute atomic E-state index is 14.2. The zero-order chi connectivity index (χ0) is 14.4. The summed E-state index contributed by atoms with van der Waals surface area (Å²) in [7, 11) is 0. The Bertz CT molecular complexity index is 823. The molecule has 0 unspecified atom stereocenters. The van der Waals surface area contributed by atoms with Gasteiger partial charge >= 0.3 is 0 Å². The standard InChI is InChI=1S/C16H12BrClFN/c1-8-7-10(17)3-4-11(8)16-9(2)14-13(20-16)6-5-12(18)15(14)19/h3-7,20H,1-2H3. The zero-order valence-corrected chi connectivity index (χ0v) is 13.4.